The Bertz CT molecular complexity index is 1240. The fraction of sp³-hybridized carbons (Fsp3) is 0.222. The van der Waals surface area contributed by atoms with Gasteiger partial charge in [0, 0.05) is 43.1 Å². The second-order valence-electron chi connectivity index (χ2n) is 8.58. The van der Waals surface area contributed by atoms with Crippen LogP contribution in [0.1, 0.15) is 31.8 Å². The molecule has 2 amide bonds. The van der Waals surface area contributed by atoms with Gasteiger partial charge in [0.25, 0.3) is 11.8 Å². The molecule has 0 aromatic heterocycles. The SMILES string of the molecule is Cc1ccc(C(=O)N2CCN(c3ccc(NC(=S)NC(=O)c4ccc(C)cc4Cl)cc3)CC2)cc1. The molecule has 6 nitrogen and oxygen atoms in total. The molecule has 180 valence electrons. The van der Waals surface area contributed by atoms with E-state index in [1.54, 1.807) is 12.1 Å². The number of nitrogens with zero attached hydrogens (tertiary/aromatic N) is 2. The molecule has 0 atom stereocenters. The summed E-state index contributed by atoms with van der Waals surface area (Å²) >= 11 is 11.5. The van der Waals surface area contributed by atoms with Crippen LogP contribution in [0.2, 0.25) is 5.02 Å². The Labute approximate surface area is 215 Å². The number of aryl methyl sites for hydroxylation is 2. The van der Waals surface area contributed by atoms with Crippen molar-refractivity contribution in [1.82, 2.24) is 10.2 Å². The van der Waals surface area contributed by atoms with Gasteiger partial charge in [0.05, 0.1) is 10.6 Å². The standard InChI is InChI=1S/C27H27ClN4O2S/c1-18-3-6-20(7-4-18)26(34)32-15-13-31(14-16-32)22-10-8-21(9-11-22)29-27(35)30-25(33)23-12-5-19(2)17-24(23)28/h3-12,17H,13-16H2,1-2H3,(H2,29,30,33,35). The molecule has 0 unspecified atom stereocenters. The number of nitrogens with one attached hydrogen (secondary N) is 2. The van der Waals surface area contributed by atoms with E-state index < -0.39 is 0 Å². The summed E-state index contributed by atoms with van der Waals surface area (Å²) in [5.41, 5.74) is 5.06. The number of hydrogen-bond donors (Lipinski definition) is 2. The van der Waals surface area contributed by atoms with Crippen molar-refractivity contribution in [1.29, 1.82) is 0 Å². The summed E-state index contributed by atoms with van der Waals surface area (Å²) in [6.07, 6.45) is 0. The number of amides is 2. The first-order valence-electron chi connectivity index (χ1n) is 11.4. The molecule has 0 aliphatic carbocycles. The van der Waals surface area contributed by atoms with Gasteiger partial charge in [-0.15, -0.1) is 0 Å². The van der Waals surface area contributed by atoms with Gasteiger partial charge in [-0.1, -0.05) is 35.4 Å². The van der Waals surface area contributed by atoms with Gasteiger partial charge in [0.1, 0.15) is 0 Å². The summed E-state index contributed by atoms with van der Waals surface area (Å²) in [5.74, 6) is -0.283. The smallest absolute Gasteiger partial charge is 0.258 e. The minimum atomic E-state index is -0.359. The molecule has 0 spiro atoms. The second kappa shape index (κ2) is 10.9. The maximum absolute atomic E-state index is 12.8. The van der Waals surface area contributed by atoms with Crippen LogP contribution in [0.25, 0.3) is 0 Å². The highest BCUT2D eigenvalue weighted by Gasteiger charge is 2.22. The highest BCUT2D eigenvalue weighted by atomic mass is 35.5. The molecular formula is C27H27ClN4O2S. The molecule has 1 aliphatic rings. The molecule has 1 aliphatic heterocycles. The Morgan fingerprint density at radius 3 is 2.11 bits per heavy atom. The minimum Gasteiger partial charge on any atom is -0.368 e. The summed E-state index contributed by atoms with van der Waals surface area (Å²) in [6.45, 7) is 6.79. The van der Waals surface area contributed by atoms with Gasteiger partial charge >= 0.3 is 0 Å². The van der Waals surface area contributed by atoms with Gasteiger partial charge in [-0.05, 0) is 80.2 Å². The fourth-order valence-electron chi connectivity index (χ4n) is 3.94. The lowest BCUT2D eigenvalue weighted by molar-refractivity contribution is 0.0746. The van der Waals surface area contributed by atoms with Gasteiger partial charge in [0.2, 0.25) is 0 Å². The van der Waals surface area contributed by atoms with E-state index in [4.69, 9.17) is 23.8 Å². The lowest BCUT2D eigenvalue weighted by Gasteiger charge is -2.36. The predicted molar refractivity (Wildman–Crippen MR) is 146 cm³/mol. The second-order valence-corrected chi connectivity index (χ2v) is 9.40. The Balaban J connectivity index is 1.29. The quantitative estimate of drug-likeness (QED) is 0.485. The normalized spacial score (nSPS) is 13.3. The number of carbonyl (C=O) groups excluding carboxylic acids is 2. The number of hydrogen-bond acceptors (Lipinski definition) is 4. The third kappa shape index (κ3) is 6.18. The lowest BCUT2D eigenvalue weighted by Crippen LogP contribution is -2.48. The van der Waals surface area contributed by atoms with Gasteiger partial charge < -0.3 is 15.1 Å². The van der Waals surface area contributed by atoms with Crippen molar-refractivity contribution in [2.45, 2.75) is 13.8 Å². The van der Waals surface area contributed by atoms with Crippen molar-refractivity contribution in [2.24, 2.45) is 0 Å². The number of anilines is 2. The zero-order valence-corrected chi connectivity index (χ0v) is 21.2. The molecule has 3 aromatic rings. The van der Waals surface area contributed by atoms with E-state index in [1.807, 2.05) is 73.3 Å². The number of thiocarbonyl (C=S) groups is 1. The Morgan fingerprint density at radius 1 is 0.857 bits per heavy atom. The number of carbonyl (C=O) groups is 2. The maximum atomic E-state index is 12.8. The van der Waals surface area contributed by atoms with E-state index in [-0.39, 0.29) is 16.9 Å². The Hall–Kier alpha value is -3.42. The summed E-state index contributed by atoms with van der Waals surface area (Å²) in [5, 5.41) is 6.28. The van der Waals surface area contributed by atoms with Crippen molar-refractivity contribution in [3.8, 4) is 0 Å². The predicted octanol–water partition coefficient (Wildman–Crippen LogP) is 5.05. The topological polar surface area (TPSA) is 64.7 Å². The molecule has 1 heterocycles. The first-order valence-corrected chi connectivity index (χ1v) is 12.2. The number of halogens is 1. The van der Waals surface area contributed by atoms with Gasteiger partial charge in [-0.3, -0.25) is 14.9 Å². The van der Waals surface area contributed by atoms with Crippen LogP contribution in [0, 0.1) is 13.8 Å². The molecule has 3 aromatic carbocycles. The molecule has 1 saturated heterocycles. The van der Waals surface area contributed by atoms with E-state index in [1.165, 1.54) is 0 Å². The molecule has 2 N–H and O–H groups in total. The molecule has 8 heteroatoms. The van der Waals surface area contributed by atoms with Crippen LogP contribution < -0.4 is 15.5 Å². The van der Waals surface area contributed by atoms with Gasteiger partial charge in [-0.25, -0.2) is 0 Å². The van der Waals surface area contributed by atoms with E-state index in [9.17, 15) is 9.59 Å². The van der Waals surface area contributed by atoms with Crippen molar-refractivity contribution in [2.75, 3.05) is 36.4 Å². The van der Waals surface area contributed by atoms with E-state index in [2.05, 4.69) is 15.5 Å². The largest absolute Gasteiger partial charge is 0.368 e. The van der Waals surface area contributed by atoms with Crippen LogP contribution in [0.5, 0.6) is 0 Å². The monoisotopic (exact) mass is 506 g/mol. The third-order valence-electron chi connectivity index (χ3n) is 5.95. The molecule has 0 bridgehead atoms. The van der Waals surface area contributed by atoms with Crippen LogP contribution >= 0.6 is 23.8 Å². The first-order chi connectivity index (χ1) is 16.8. The molecule has 1 fully saturated rings. The number of benzene rings is 3. The van der Waals surface area contributed by atoms with E-state index in [0.717, 1.165) is 41.2 Å². The van der Waals surface area contributed by atoms with Crippen molar-refractivity contribution in [3.05, 3.63) is 94.0 Å². The lowest BCUT2D eigenvalue weighted by atomic mass is 10.1. The summed E-state index contributed by atoms with van der Waals surface area (Å²) in [4.78, 5) is 29.4. The molecular weight excluding hydrogens is 480 g/mol. The highest BCUT2D eigenvalue weighted by Crippen LogP contribution is 2.21. The van der Waals surface area contributed by atoms with Crippen LogP contribution in [0.4, 0.5) is 11.4 Å². The Morgan fingerprint density at radius 2 is 1.49 bits per heavy atom. The van der Waals surface area contributed by atoms with Crippen LogP contribution in [-0.2, 0) is 0 Å². The zero-order valence-electron chi connectivity index (χ0n) is 19.7. The summed E-state index contributed by atoms with van der Waals surface area (Å²) in [6, 6.07) is 20.8. The highest BCUT2D eigenvalue weighted by molar-refractivity contribution is 7.80. The van der Waals surface area contributed by atoms with Crippen molar-refractivity contribution in [3.63, 3.8) is 0 Å². The summed E-state index contributed by atoms with van der Waals surface area (Å²) < 4.78 is 0. The third-order valence-corrected chi connectivity index (χ3v) is 6.47. The minimum absolute atomic E-state index is 0.0756. The first kappa shape index (κ1) is 24.7. The van der Waals surface area contributed by atoms with Crippen molar-refractivity contribution >= 4 is 52.1 Å². The number of rotatable bonds is 4. The molecule has 0 saturated carbocycles. The zero-order chi connectivity index (χ0) is 24.9. The average Bonchev–Trinajstić information content (AvgIpc) is 2.84. The summed E-state index contributed by atoms with van der Waals surface area (Å²) in [7, 11) is 0. The number of piperazine rings is 1. The van der Waals surface area contributed by atoms with E-state index in [0.29, 0.717) is 23.7 Å². The van der Waals surface area contributed by atoms with Gasteiger partial charge in [0.15, 0.2) is 5.11 Å². The van der Waals surface area contributed by atoms with Crippen LogP contribution in [0.15, 0.2) is 66.7 Å². The molecule has 35 heavy (non-hydrogen) atoms. The average molecular weight is 507 g/mol. The fourth-order valence-corrected chi connectivity index (χ4v) is 4.47. The maximum Gasteiger partial charge on any atom is 0.258 e. The van der Waals surface area contributed by atoms with Crippen molar-refractivity contribution < 1.29 is 9.59 Å². The van der Waals surface area contributed by atoms with Gasteiger partial charge in [-0.2, -0.15) is 0 Å². The van der Waals surface area contributed by atoms with Crippen LogP contribution in [-0.4, -0.2) is 48.0 Å². The van der Waals surface area contributed by atoms with Crippen LogP contribution in [0.3, 0.4) is 0 Å². The van der Waals surface area contributed by atoms with E-state index >= 15 is 0 Å². The Kier molecular flexibility index (Phi) is 7.68. The molecule has 4 rings (SSSR count). The molecule has 0 radical (unpaired) electrons.